The highest BCUT2D eigenvalue weighted by molar-refractivity contribution is 6.31. The van der Waals surface area contributed by atoms with Gasteiger partial charge in [-0.15, -0.1) is 0 Å². The van der Waals surface area contributed by atoms with Gasteiger partial charge in [0.15, 0.2) is 5.78 Å². The summed E-state index contributed by atoms with van der Waals surface area (Å²) in [7, 11) is 0. The lowest BCUT2D eigenvalue weighted by Crippen LogP contribution is -2.29. The molecule has 4 aromatic rings. The zero-order chi connectivity index (χ0) is 23.1. The number of fused-ring (bicyclic) bond motifs is 1. The summed E-state index contributed by atoms with van der Waals surface area (Å²) in [5.74, 6) is -2.13. The predicted octanol–water partition coefficient (Wildman–Crippen LogP) is 4.29. The number of nitrogens with one attached hydrogen (secondary N) is 1. The van der Waals surface area contributed by atoms with Crippen molar-refractivity contribution in [2.75, 3.05) is 0 Å². The number of hydrogen-bond acceptors (Lipinski definition) is 5. The normalized spacial score (nSPS) is 12.8. The molecule has 1 aliphatic rings. The van der Waals surface area contributed by atoms with E-state index in [0.29, 0.717) is 16.7 Å². The summed E-state index contributed by atoms with van der Waals surface area (Å²) in [4.78, 5) is 39.8. The Labute approximate surface area is 191 Å². The van der Waals surface area contributed by atoms with E-state index in [-0.39, 0.29) is 34.1 Å². The van der Waals surface area contributed by atoms with Crippen molar-refractivity contribution in [3.05, 3.63) is 106 Å². The first kappa shape index (κ1) is 20.7. The highest BCUT2D eigenvalue weighted by Crippen LogP contribution is 2.31. The SMILES string of the molecule is O=C(c1ccccc1F)c1cc(Cl)ccc1-c1n[nH]nc1CN1C(=O)c2ccccc2C1=O. The second kappa shape index (κ2) is 8.07. The molecule has 0 fully saturated rings. The van der Waals surface area contributed by atoms with Crippen LogP contribution in [0.3, 0.4) is 0 Å². The first-order valence-electron chi connectivity index (χ1n) is 9.89. The standard InChI is InChI=1S/C24H14ClFN4O3/c25-13-9-10-14(18(11-13)22(31)17-7-3-4-8-19(17)26)21-20(27-29-28-21)12-30-23(32)15-5-1-2-6-16(15)24(30)33/h1-11H,12H2,(H,27,28,29). The molecule has 0 saturated heterocycles. The third-order valence-corrected chi connectivity index (χ3v) is 5.64. The van der Waals surface area contributed by atoms with E-state index in [1.54, 1.807) is 42.5 Å². The lowest BCUT2D eigenvalue weighted by atomic mass is 9.95. The van der Waals surface area contributed by atoms with Crippen molar-refractivity contribution in [1.29, 1.82) is 0 Å². The third-order valence-electron chi connectivity index (χ3n) is 5.41. The molecule has 2 amide bonds. The quantitative estimate of drug-likeness (QED) is 0.354. The minimum absolute atomic E-state index is 0.116. The molecule has 33 heavy (non-hydrogen) atoms. The Hall–Kier alpha value is -4.17. The van der Waals surface area contributed by atoms with Gasteiger partial charge in [0.2, 0.25) is 0 Å². The molecule has 9 heteroatoms. The molecule has 0 saturated carbocycles. The van der Waals surface area contributed by atoms with Crippen LogP contribution < -0.4 is 0 Å². The molecule has 0 atom stereocenters. The van der Waals surface area contributed by atoms with E-state index in [9.17, 15) is 18.8 Å². The van der Waals surface area contributed by atoms with E-state index in [4.69, 9.17) is 11.6 Å². The number of rotatable bonds is 5. The Morgan fingerprint density at radius 3 is 2.24 bits per heavy atom. The molecule has 3 aromatic carbocycles. The Kier molecular flexibility index (Phi) is 5.07. The number of aromatic amines is 1. The van der Waals surface area contributed by atoms with Crippen LogP contribution in [0.4, 0.5) is 4.39 Å². The highest BCUT2D eigenvalue weighted by Gasteiger charge is 2.36. The van der Waals surface area contributed by atoms with Crippen LogP contribution in [0.2, 0.25) is 5.02 Å². The largest absolute Gasteiger partial charge is 0.288 e. The maximum Gasteiger partial charge on any atom is 0.261 e. The molecule has 1 aromatic heterocycles. The average molecular weight is 461 g/mol. The molecule has 0 unspecified atom stereocenters. The van der Waals surface area contributed by atoms with E-state index in [1.807, 2.05) is 0 Å². The maximum absolute atomic E-state index is 14.3. The number of halogens is 2. The number of H-pyrrole nitrogens is 1. The van der Waals surface area contributed by atoms with Gasteiger partial charge >= 0.3 is 0 Å². The van der Waals surface area contributed by atoms with Crippen LogP contribution in [-0.4, -0.2) is 37.9 Å². The molecule has 1 N–H and O–H groups in total. The molecule has 7 nitrogen and oxygen atoms in total. The summed E-state index contributed by atoms with van der Waals surface area (Å²) >= 11 is 6.13. The second-order valence-electron chi connectivity index (χ2n) is 7.36. The summed E-state index contributed by atoms with van der Waals surface area (Å²) in [5, 5.41) is 11.0. The fourth-order valence-electron chi connectivity index (χ4n) is 3.81. The van der Waals surface area contributed by atoms with Gasteiger partial charge < -0.3 is 0 Å². The Balaban J connectivity index is 1.54. The first-order valence-corrected chi connectivity index (χ1v) is 10.3. The topological polar surface area (TPSA) is 96.0 Å². The van der Waals surface area contributed by atoms with Gasteiger partial charge in [-0.1, -0.05) is 41.9 Å². The van der Waals surface area contributed by atoms with Crippen LogP contribution in [-0.2, 0) is 6.54 Å². The number of aromatic nitrogens is 3. The molecule has 0 radical (unpaired) electrons. The fraction of sp³-hybridized carbons (Fsp3) is 0.0417. The summed E-state index contributed by atoms with van der Waals surface area (Å²) in [5.41, 5.74) is 1.49. The molecular formula is C24H14ClFN4O3. The van der Waals surface area contributed by atoms with E-state index >= 15 is 0 Å². The number of ketones is 1. The number of amides is 2. The van der Waals surface area contributed by atoms with Crippen LogP contribution in [0.5, 0.6) is 0 Å². The van der Waals surface area contributed by atoms with E-state index in [2.05, 4.69) is 15.4 Å². The van der Waals surface area contributed by atoms with Gasteiger partial charge in [-0.3, -0.25) is 19.3 Å². The van der Waals surface area contributed by atoms with Crippen LogP contribution in [0.1, 0.15) is 42.3 Å². The van der Waals surface area contributed by atoms with Gasteiger partial charge in [0.25, 0.3) is 11.8 Å². The van der Waals surface area contributed by atoms with Crippen molar-refractivity contribution < 1.29 is 18.8 Å². The van der Waals surface area contributed by atoms with Crippen molar-refractivity contribution in [1.82, 2.24) is 20.3 Å². The summed E-state index contributed by atoms with van der Waals surface area (Å²) in [6.45, 7) is -0.159. The van der Waals surface area contributed by atoms with E-state index in [0.717, 1.165) is 4.90 Å². The van der Waals surface area contributed by atoms with Gasteiger partial charge in [-0.05, 0) is 36.4 Å². The molecule has 0 aliphatic carbocycles. The van der Waals surface area contributed by atoms with Gasteiger partial charge in [0.05, 0.1) is 23.2 Å². The van der Waals surface area contributed by atoms with Gasteiger partial charge in [0, 0.05) is 16.1 Å². The molecule has 162 valence electrons. The van der Waals surface area contributed by atoms with Crippen molar-refractivity contribution in [3.63, 3.8) is 0 Å². The Morgan fingerprint density at radius 1 is 0.879 bits per heavy atom. The third kappa shape index (κ3) is 3.50. The maximum atomic E-state index is 14.3. The monoisotopic (exact) mass is 460 g/mol. The summed E-state index contributed by atoms with van der Waals surface area (Å²) in [6.07, 6.45) is 0. The smallest absolute Gasteiger partial charge is 0.261 e. The van der Waals surface area contributed by atoms with Crippen LogP contribution >= 0.6 is 11.6 Å². The van der Waals surface area contributed by atoms with Crippen LogP contribution in [0, 0.1) is 5.82 Å². The molecule has 2 heterocycles. The zero-order valence-corrected chi connectivity index (χ0v) is 17.6. The lowest BCUT2D eigenvalue weighted by Gasteiger charge is -2.14. The average Bonchev–Trinajstić information content (AvgIpc) is 3.38. The van der Waals surface area contributed by atoms with Crippen LogP contribution in [0.15, 0.2) is 66.7 Å². The molecule has 0 bridgehead atoms. The minimum atomic E-state index is -0.667. The number of benzene rings is 3. The van der Waals surface area contributed by atoms with E-state index < -0.39 is 23.4 Å². The molecular weight excluding hydrogens is 447 g/mol. The summed E-state index contributed by atoms with van der Waals surface area (Å²) in [6, 6.07) is 16.7. The van der Waals surface area contributed by atoms with Crippen molar-refractivity contribution in [3.8, 4) is 11.3 Å². The first-order chi connectivity index (χ1) is 16.0. The predicted molar refractivity (Wildman–Crippen MR) is 117 cm³/mol. The fourth-order valence-corrected chi connectivity index (χ4v) is 3.98. The minimum Gasteiger partial charge on any atom is -0.288 e. The number of hydrogen-bond donors (Lipinski definition) is 1. The number of imide groups is 1. The molecule has 1 aliphatic heterocycles. The lowest BCUT2D eigenvalue weighted by molar-refractivity contribution is 0.0640. The van der Waals surface area contributed by atoms with Crippen molar-refractivity contribution >= 4 is 29.2 Å². The van der Waals surface area contributed by atoms with Crippen LogP contribution in [0.25, 0.3) is 11.3 Å². The number of carbonyl (C=O) groups is 3. The van der Waals surface area contributed by atoms with Gasteiger partial charge in [0.1, 0.15) is 17.2 Å². The van der Waals surface area contributed by atoms with Gasteiger partial charge in [-0.25, -0.2) is 4.39 Å². The zero-order valence-electron chi connectivity index (χ0n) is 16.9. The molecule has 0 spiro atoms. The van der Waals surface area contributed by atoms with E-state index in [1.165, 1.54) is 24.3 Å². The van der Waals surface area contributed by atoms with Crippen molar-refractivity contribution in [2.24, 2.45) is 0 Å². The summed E-state index contributed by atoms with van der Waals surface area (Å²) < 4.78 is 14.3. The number of carbonyl (C=O) groups excluding carboxylic acids is 3. The molecule has 5 rings (SSSR count). The Morgan fingerprint density at radius 2 is 1.55 bits per heavy atom. The second-order valence-corrected chi connectivity index (χ2v) is 7.80. The van der Waals surface area contributed by atoms with Crippen molar-refractivity contribution in [2.45, 2.75) is 6.54 Å². The number of nitrogens with zero attached hydrogens (tertiary/aromatic N) is 3. The Bertz CT molecular complexity index is 1410. The van der Waals surface area contributed by atoms with Gasteiger partial charge in [-0.2, -0.15) is 15.4 Å². The highest BCUT2D eigenvalue weighted by atomic mass is 35.5.